The van der Waals surface area contributed by atoms with E-state index in [1.165, 1.54) is 13.3 Å². The largest absolute Gasteiger partial charge is 0.490 e. The van der Waals surface area contributed by atoms with Crippen molar-refractivity contribution in [3.63, 3.8) is 0 Å². The second kappa shape index (κ2) is 13.4. The molecule has 0 atom stereocenters. The van der Waals surface area contributed by atoms with Crippen LogP contribution in [0.1, 0.15) is 29.3 Å². The third-order valence-corrected chi connectivity index (χ3v) is 4.83. The van der Waals surface area contributed by atoms with Gasteiger partial charge in [0.05, 0.1) is 23.0 Å². The summed E-state index contributed by atoms with van der Waals surface area (Å²) in [6.07, 6.45) is 3.14. The number of methoxy groups -OCH3 is 1. The van der Waals surface area contributed by atoms with E-state index in [-0.39, 0.29) is 24.7 Å². The van der Waals surface area contributed by atoms with Gasteiger partial charge in [-0.15, -0.1) is 0 Å². The van der Waals surface area contributed by atoms with Crippen molar-refractivity contribution in [2.45, 2.75) is 20.5 Å². The van der Waals surface area contributed by atoms with E-state index in [1.807, 2.05) is 19.1 Å². The molecule has 0 saturated heterocycles. The lowest BCUT2D eigenvalue weighted by molar-refractivity contribution is -0.123. The molecular formula is C23H25IN4O5. The molecule has 2 rings (SSSR count). The van der Waals surface area contributed by atoms with Crippen LogP contribution < -0.4 is 19.6 Å². The lowest BCUT2D eigenvalue weighted by Crippen LogP contribution is -2.25. The summed E-state index contributed by atoms with van der Waals surface area (Å²) in [6.45, 7) is 8.00. The first-order valence-corrected chi connectivity index (χ1v) is 11.1. The number of carbonyl (C=O) groups excluding carboxylic acids is 1. The highest BCUT2D eigenvalue weighted by Crippen LogP contribution is 2.34. The number of hydrogen-bond donors (Lipinski definition) is 1. The number of pyridine rings is 1. The Hall–Kier alpha value is -3.17. The number of aromatic nitrogens is 1. The number of nitrogens with zero attached hydrogens (tertiary/aromatic N) is 3. The lowest BCUT2D eigenvalue weighted by Gasteiger charge is -2.13. The number of amides is 1. The van der Waals surface area contributed by atoms with Crippen LogP contribution in [-0.4, -0.2) is 44.0 Å². The molecule has 0 bridgehead atoms. The highest BCUT2D eigenvalue weighted by Gasteiger charge is 2.14. The fourth-order valence-corrected chi connectivity index (χ4v) is 3.54. The van der Waals surface area contributed by atoms with E-state index in [0.29, 0.717) is 41.5 Å². The van der Waals surface area contributed by atoms with E-state index >= 15 is 0 Å². The van der Waals surface area contributed by atoms with E-state index in [4.69, 9.17) is 18.9 Å². The lowest BCUT2D eigenvalue weighted by atomic mass is 10.1. The van der Waals surface area contributed by atoms with Gasteiger partial charge in [-0.3, -0.25) is 4.79 Å². The van der Waals surface area contributed by atoms with Crippen molar-refractivity contribution < 1.29 is 23.7 Å². The molecule has 1 heterocycles. The topological polar surface area (TPSA) is 115 Å². The minimum absolute atomic E-state index is 0.0784. The molecular weight excluding hydrogens is 539 g/mol. The molecule has 9 nitrogen and oxygen atoms in total. The van der Waals surface area contributed by atoms with Gasteiger partial charge in [0.1, 0.15) is 18.2 Å². The molecule has 1 aromatic carbocycles. The second-order valence-corrected chi connectivity index (χ2v) is 7.75. The maximum absolute atomic E-state index is 12.2. The smallest absolute Gasteiger partial charge is 0.278 e. The minimum atomic E-state index is -0.502. The minimum Gasteiger partial charge on any atom is -0.490 e. The third kappa shape index (κ3) is 7.73. The van der Waals surface area contributed by atoms with Crippen LogP contribution in [0.15, 0.2) is 36.0 Å². The zero-order valence-electron chi connectivity index (χ0n) is 18.7. The average Bonchev–Trinajstić information content (AvgIpc) is 2.77. The van der Waals surface area contributed by atoms with E-state index in [2.05, 4.69) is 44.7 Å². The molecule has 0 aliphatic carbocycles. The summed E-state index contributed by atoms with van der Waals surface area (Å²) < 4.78 is 22.7. The van der Waals surface area contributed by atoms with Crippen LogP contribution in [0.4, 0.5) is 0 Å². The summed E-state index contributed by atoms with van der Waals surface area (Å²) in [4.78, 5) is 16.4. The average molecular weight is 564 g/mol. The summed E-state index contributed by atoms with van der Waals surface area (Å²) in [5, 5.41) is 13.4. The van der Waals surface area contributed by atoms with Crippen LogP contribution >= 0.6 is 22.6 Å². The van der Waals surface area contributed by atoms with Crippen molar-refractivity contribution in [3.05, 3.63) is 56.8 Å². The van der Waals surface area contributed by atoms with Gasteiger partial charge in [-0.2, -0.15) is 10.4 Å². The molecule has 10 heteroatoms. The molecule has 0 unspecified atom stereocenters. The van der Waals surface area contributed by atoms with Gasteiger partial charge in [-0.25, -0.2) is 10.4 Å². The van der Waals surface area contributed by atoms with Gasteiger partial charge in [0.2, 0.25) is 5.88 Å². The van der Waals surface area contributed by atoms with Crippen molar-refractivity contribution in [2.24, 2.45) is 5.10 Å². The molecule has 33 heavy (non-hydrogen) atoms. The predicted octanol–water partition coefficient (Wildman–Crippen LogP) is 3.51. The maximum Gasteiger partial charge on any atom is 0.278 e. The second-order valence-electron chi connectivity index (χ2n) is 6.59. The Morgan fingerprint density at radius 3 is 2.79 bits per heavy atom. The van der Waals surface area contributed by atoms with E-state index < -0.39 is 5.91 Å². The Morgan fingerprint density at radius 2 is 2.12 bits per heavy atom. The molecule has 0 spiro atoms. The van der Waals surface area contributed by atoms with Crippen LogP contribution in [0.2, 0.25) is 0 Å². The highest BCUT2D eigenvalue weighted by atomic mass is 127. The summed E-state index contributed by atoms with van der Waals surface area (Å²) in [5.74, 6) is 0.773. The molecule has 174 valence electrons. The first-order chi connectivity index (χ1) is 15.9. The normalized spacial score (nSPS) is 10.5. The van der Waals surface area contributed by atoms with Gasteiger partial charge in [0.15, 0.2) is 18.1 Å². The molecule has 0 aliphatic rings. The molecule has 1 N–H and O–H groups in total. The van der Waals surface area contributed by atoms with Gasteiger partial charge in [-0.05, 0) is 60.2 Å². The Morgan fingerprint density at radius 1 is 1.33 bits per heavy atom. The standard InChI is InChI=1S/C23H25IN4O5/c1-5-7-32-22-19(24)9-16(10-20(22)31-6-2)12-26-28-21(29)14-33-23-18(11-25)17(13-30-4)8-15(3)27-23/h5,8-10,12H,1,6-7,13-14H2,2-4H3,(H,28,29)/b26-12-. The predicted molar refractivity (Wildman–Crippen MR) is 132 cm³/mol. The number of nitrogens with one attached hydrogen (secondary N) is 1. The van der Waals surface area contributed by atoms with Crippen molar-refractivity contribution in [2.75, 3.05) is 26.9 Å². The fraction of sp³-hybridized carbons (Fsp3) is 0.304. The number of rotatable bonds is 12. The first-order valence-electron chi connectivity index (χ1n) is 9.97. The molecule has 2 aromatic rings. The van der Waals surface area contributed by atoms with Gasteiger partial charge in [0.25, 0.3) is 5.91 Å². The zero-order chi connectivity index (χ0) is 24.2. The monoisotopic (exact) mass is 564 g/mol. The van der Waals surface area contributed by atoms with Crippen molar-refractivity contribution >= 4 is 34.7 Å². The van der Waals surface area contributed by atoms with Crippen LogP contribution in [-0.2, 0) is 16.1 Å². The summed E-state index contributed by atoms with van der Waals surface area (Å²) in [6, 6.07) is 7.40. The SMILES string of the molecule is C=CCOc1c(I)cc(/C=N\NC(=O)COc2nc(C)cc(COC)c2C#N)cc1OCC. The molecule has 0 radical (unpaired) electrons. The molecule has 0 aliphatic heterocycles. The van der Waals surface area contributed by atoms with Crippen LogP contribution in [0.5, 0.6) is 17.4 Å². The van der Waals surface area contributed by atoms with Gasteiger partial charge < -0.3 is 18.9 Å². The summed E-state index contributed by atoms with van der Waals surface area (Å²) in [5.41, 5.74) is 4.63. The van der Waals surface area contributed by atoms with Gasteiger partial charge >= 0.3 is 0 Å². The van der Waals surface area contributed by atoms with E-state index in [9.17, 15) is 10.1 Å². The number of aryl methyl sites for hydroxylation is 1. The molecule has 0 fully saturated rings. The Bertz CT molecular complexity index is 1070. The Balaban J connectivity index is 2.05. The fourth-order valence-electron chi connectivity index (χ4n) is 2.76. The quantitative estimate of drug-likeness (QED) is 0.182. The van der Waals surface area contributed by atoms with Crippen molar-refractivity contribution in [3.8, 4) is 23.4 Å². The van der Waals surface area contributed by atoms with Crippen LogP contribution in [0.3, 0.4) is 0 Å². The highest BCUT2D eigenvalue weighted by molar-refractivity contribution is 14.1. The van der Waals surface area contributed by atoms with E-state index in [1.54, 1.807) is 25.1 Å². The van der Waals surface area contributed by atoms with Crippen LogP contribution in [0, 0.1) is 21.8 Å². The first kappa shape index (κ1) is 26.1. The Kier molecular flexibility index (Phi) is 10.6. The maximum atomic E-state index is 12.2. The van der Waals surface area contributed by atoms with Gasteiger partial charge in [0, 0.05) is 18.4 Å². The number of benzene rings is 1. The third-order valence-electron chi connectivity index (χ3n) is 4.03. The van der Waals surface area contributed by atoms with E-state index in [0.717, 1.165) is 3.57 Å². The number of halogens is 1. The summed E-state index contributed by atoms with van der Waals surface area (Å²) >= 11 is 2.14. The number of carbonyl (C=O) groups is 1. The summed E-state index contributed by atoms with van der Waals surface area (Å²) in [7, 11) is 1.53. The van der Waals surface area contributed by atoms with Crippen molar-refractivity contribution in [1.29, 1.82) is 5.26 Å². The molecule has 1 amide bonds. The number of hydrogen-bond acceptors (Lipinski definition) is 8. The van der Waals surface area contributed by atoms with Crippen LogP contribution in [0.25, 0.3) is 0 Å². The zero-order valence-corrected chi connectivity index (χ0v) is 20.8. The Labute approximate surface area is 206 Å². The van der Waals surface area contributed by atoms with Gasteiger partial charge in [-0.1, -0.05) is 12.7 Å². The van der Waals surface area contributed by atoms with Crippen molar-refractivity contribution in [1.82, 2.24) is 10.4 Å². The number of nitriles is 1. The molecule has 1 aromatic heterocycles. The number of hydrazone groups is 1. The molecule has 0 saturated carbocycles. The number of ether oxygens (including phenoxy) is 4.